The molecule has 1 aromatic heterocycles. The Morgan fingerprint density at radius 1 is 1.38 bits per heavy atom. The van der Waals surface area contributed by atoms with Crippen LogP contribution >= 0.6 is 23.3 Å². The summed E-state index contributed by atoms with van der Waals surface area (Å²) < 4.78 is 4.20. The van der Waals surface area contributed by atoms with Gasteiger partial charge in [-0.1, -0.05) is 6.92 Å². The number of aromatic nitrogens is 1. The summed E-state index contributed by atoms with van der Waals surface area (Å²) in [4.78, 5) is 1.11. The number of hydrogen-bond acceptors (Lipinski definition) is 5. The number of nitrogen functional groups attached to an aromatic ring is 1. The highest BCUT2D eigenvalue weighted by Crippen LogP contribution is 2.36. The molecule has 1 fully saturated rings. The van der Waals surface area contributed by atoms with E-state index in [-0.39, 0.29) is 0 Å². The molecule has 0 bridgehead atoms. The van der Waals surface area contributed by atoms with Crippen LogP contribution in [0.4, 0.5) is 10.8 Å². The maximum Gasteiger partial charge on any atom is 0.153 e. The minimum atomic E-state index is 0.613. The number of nitrogens with one attached hydrogen (secondary N) is 1. The lowest BCUT2D eigenvalue weighted by molar-refractivity contribution is 0.361. The van der Waals surface area contributed by atoms with Gasteiger partial charge in [-0.15, -0.1) is 11.8 Å². The molecule has 0 atom stereocenters. The van der Waals surface area contributed by atoms with Gasteiger partial charge in [0.25, 0.3) is 0 Å². The fourth-order valence-corrected chi connectivity index (χ4v) is 3.78. The minimum Gasteiger partial charge on any atom is -0.382 e. The first-order valence-corrected chi connectivity index (χ1v) is 7.76. The van der Waals surface area contributed by atoms with Gasteiger partial charge in [-0.25, -0.2) is 0 Å². The van der Waals surface area contributed by atoms with Crippen LogP contribution in [0.25, 0.3) is 0 Å². The van der Waals surface area contributed by atoms with E-state index in [9.17, 15) is 0 Å². The Kier molecular flexibility index (Phi) is 3.97. The van der Waals surface area contributed by atoms with Crippen LogP contribution in [0.2, 0.25) is 0 Å². The van der Waals surface area contributed by atoms with Crippen molar-refractivity contribution in [3.05, 3.63) is 0 Å². The van der Waals surface area contributed by atoms with E-state index >= 15 is 0 Å². The third-order valence-corrected chi connectivity index (χ3v) is 4.97. The molecule has 5 heteroatoms. The largest absolute Gasteiger partial charge is 0.382 e. The van der Waals surface area contributed by atoms with E-state index < -0.39 is 0 Å². The van der Waals surface area contributed by atoms with E-state index in [0.717, 1.165) is 15.8 Å². The van der Waals surface area contributed by atoms with Gasteiger partial charge in [0.2, 0.25) is 0 Å². The zero-order valence-corrected chi connectivity index (χ0v) is 11.5. The lowest BCUT2D eigenvalue weighted by Crippen LogP contribution is -2.24. The molecule has 0 aliphatic heterocycles. The molecule has 0 spiro atoms. The molecule has 0 radical (unpaired) electrons. The molecule has 90 valence electrons. The van der Waals surface area contributed by atoms with Gasteiger partial charge >= 0.3 is 0 Å². The zero-order valence-electron chi connectivity index (χ0n) is 9.82. The molecule has 1 aliphatic carbocycles. The van der Waals surface area contributed by atoms with Crippen molar-refractivity contribution < 1.29 is 0 Å². The highest BCUT2D eigenvalue weighted by atomic mass is 32.2. The van der Waals surface area contributed by atoms with Gasteiger partial charge in [0.15, 0.2) is 5.82 Å². The van der Waals surface area contributed by atoms with E-state index in [2.05, 4.69) is 16.6 Å². The molecule has 0 amide bonds. The summed E-state index contributed by atoms with van der Waals surface area (Å²) in [6.45, 7) is 2.34. The molecule has 0 saturated heterocycles. The van der Waals surface area contributed by atoms with Gasteiger partial charge in [-0.05, 0) is 49.4 Å². The number of thioether (sulfide) groups is 1. The summed E-state index contributed by atoms with van der Waals surface area (Å²) in [6, 6.07) is 0.613. The number of rotatable bonds is 3. The summed E-state index contributed by atoms with van der Waals surface area (Å²) in [5.74, 6) is 1.56. The first-order chi connectivity index (χ1) is 7.70. The SMILES string of the molecule is CSc1c(N)nsc1NC1CCC(C)CC1. The second-order valence-electron chi connectivity index (χ2n) is 4.53. The standard InChI is InChI=1S/C11H19N3S2/c1-7-3-5-8(6-4-7)13-11-9(15-2)10(12)14-16-11/h7-8,13H,3-6H2,1-2H3,(H2,12,14). The van der Waals surface area contributed by atoms with Crippen molar-refractivity contribution >= 4 is 34.1 Å². The maximum absolute atomic E-state index is 5.82. The Hall–Kier alpha value is -0.420. The van der Waals surface area contributed by atoms with Crippen molar-refractivity contribution in [2.45, 2.75) is 43.5 Å². The number of nitrogens with two attached hydrogens (primary N) is 1. The third-order valence-electron chi connectivity index (χ3n) is 3.23. The average molecular weight is 257 g/mol. The van der Waals surface area contributed by atoms with E-state index in [0.29, 0.717) is 11.9 Å². The van der Waals surface area contributed by atoms with Gasteiger partial charge in [-0.3, -0.25) is 0 Å². The number of anilines is 2. The van der Waals surface area contributed by atoms with Gasteiger partial charge < -0.3 is 11.1 Å². The van der Waals surface area contributed by atoms with Crippen molar-refractivity contribution in [2.75, 3.05) is 17.3 Å². The first kappa shape index (κ1) is 12.0. The molecule has 3 N–H and O–H groups in total. The van der Waals surface area contributed by atoms with Gasteiger partial charge in [-0.2, -0.15) is 4.37 Å². The van der Waals surface area contributed by atoms with Crippen LogP contribution in [-0.2, 0) is 0 Å². The molecule has 2 rings (SSSR count). The average Bonchev–Trinajstić information content (AvgIpc) is 2.63. The molecule has 1 aromatic rings. The van der Waals surface area contributed by atoms with Crippen molar-refractivity contribution in [3.63, 3.8) is 0 Å². The Morgan fingerprint density at radius 2 is 2.06 bits per heavy atom. The molecule has 1 saturated carbocycles. The molecule has 1 aliphatic rings. The molecule has 3 nitrogen and oxygen atoms in total. The van der Waals surface area contributed by atoms with E-state index in [1.807, 2.05) is 6.26 Å². The second kappa shape index (κ2) is 5.27. The van der Waals surface area contributed by atoms with Crippen LogP contribution in [0.5, 0.6) is 0 Å². The molecular weight excluding hydrogens is 238 g/mol. The summed E-state index contributed by atoms with van der Waals surface area (Å²) in [5, 5.41) is 4.75. The van der Waals surface area contributed by atoms with Crippen LogP contribution in [0.15, 0.2) is 4.90 Å². The quantitative estimate of drug-likeness (QED) is 0.814. The number of nitrogens with zero attached hydrogens (tertiary/aromatic N) is 1. The summed E-state index contributed by atoms with van der Waals surface area (Å²) in [6.07, 6.45) is 7.26. The fourth-order valence-electron chi connectivity index (χ4n) is 2.17. The molecule has 16 heavy (non-hydrogen) atoms. The summed E-state index contributed by atoms with van der Waals surface area (Å²) in [7, 11) is 0. The van der Waals surface area contributed by atoms with Crippen LogP contribution in [0, 0.1) is 5.92 Å². The highest BCUT2D eigenvalue weighted by molar-refractivity contribution is 7.99. The predicted octanol–water partition coefficient (Wildman–Crippen LogP) is 3.44. The van der Waals surface area contributed by atoms with E-state index in [1.54, 1.807) is 11.8 Å². The van der Waals surface area contributed by atoms with Crippen molar-refractivity contribution in [3.8, 4) is 0 Å². The minimum absolute atomic E-state index is 0.613. The Morgan fingerprint density at radius 3 is 2.69 bits per heavy atom. The molecule has 0 aromatic carbocycles. The third kappa shape index (κ3) is 2.63. The van der Waals surface area contributed by atoms with E-state index in [1.165, 1.54) is 37.2 Å². The Bertz CT molecular complexity index is 343. The van der Waals surface area contributed by atoms with Gasteiger partial charge in [0.1, 0.15) is 5.00 Å². The Balaban J connectivity index is 1.98. The normalized spacial score (nSPS) is 25.6. The van der Waals surface area contributed by atoms with Crippen molar-refractivity contribution in [1.29, 1.82) is 0 Å². The van der Waals surface area contributed by atoms with Crippen LogP contribution in [0.3, 0.4) is 0 Å². The van der Waals surface area contributed by atoms with Crippen LogP contribution in [-0.4, -0.2) is 16.7 Å². The zero-order chi connectivity index (χ0) is 11.5. The van der Waals surface area contributed by atoms with Crippen LogP contribution in [0.1, 0.15) is 32.6 Å². The smallest absolute Gasteiger partial charge is 0.153 e. The van der Waals surface area contributed by atoms with Gasteiger partial charge in [0.05, 0.1) is 4.90 Å². The fraction of sp³-hybridized carbons (Fsp3) is 0.727. The first-order valence-electron chi connectivity index (χ1n) is 5.76. The van der Waals surface area contributed by atoms with Gasteiger partial charge in [0, 0.05) is 6.04 Å². The molecule has 1 heterocycles. The molecule has 0 unspecified atom stereocenters. The Labute approximate surface area is 105 Å². The molecular formula is C11H19N3S2. The lowest BCUT2D eigenvalue weighted by Gasteiger charge is -2.27. The number of hydrogen-bond donors (Lipinski definition) is 2. The lowest BCUT2D eigenvalue weighted by atomic mass is 9.87. The van der Waals surface area contributed by atoms with Crippen molar-refractivity contribution in [2.24, 2.45) is 5.92 Å². The summed E-state index contributed by atoms with van der Waals surface area (Å²) in [5.41, 5.74) is 5.82. The maximum atomic E-state index is 5.82. The van der Waals surface area contributed by atoms with E-state index in [4.69, 9.17) is 5.73 Å². The van der Waals surface area contributed by atoms with Crippen LogP contribution < -0.4 is 11.1 Å². The van der Waals surface area contributed by atoms with Crippen molar-refractivity contribution in [1.82, 2.24) is 4.37 Å². The monoisotopic (exact) mass is 257 g/mol. The predicted molar refractivity (Wildman–Crippen MR) is 73.4 cm³/mol. The second-order valence-corrected chi connectivity index (χ2v) is 6.12. The highest BCUT2D eigenvalue weighted by Gasteiger charge is 2.20. The summed E-state index contributed by atoms with van der Waals surface area (Å²) >= 11 is 3.17. The topological polar surface area (TPSA) is 50.9 Å².